The van der Waals surface area contributed by atoms with Gasteiger partial charge in [-0.15, -0.1) is 10.2 Å². The van der Waals surface area contributed by atoms with Gasteiger partial charge in [0, 0.05) is 23.5 Å². The van der Waals surface area contributed by atoms with E-state index >= 15 is 0 Å². The largest absolute Gasteiger partial charge is 0.293 e. The third kappa shape index (κ3) is 4.04. The molecule has 0 aliphatic carbocycles. The van der Waals surface area contributed by atoms with Gasteiger partial charge in [-0.05, 0) is 56.2 Å². The van der Waals surface area contributed by atoms with Gasteiger partial charge < -0.3 is 0 Å². The van der Waals surface area contributed by atoms with Crippen molar-refractivity contribution in [1.29, 1.82) is 0 Å². The number of thioether (sulfide) groups is 1. The lowest BCUT2D eigenvalue weighted by atomic mass is 10.0. The van der Waals surface area contributed by atoms with E-state index in [4.69, 9.17) is 0 Å². The van der Waals surface area contributed by atoms with Gasteiger partial charge in [-0.3, -0.25) is 14.3 Å². The fourth-order valence-electron chi connectivity index (χ4n) is 3.32. The van der Waals surface area contributed by atoms with E-state index in [1.165, 1.54) is 11.8 Å². The first-order valence-corrected chi connectivity index (χ1v) is 10.7. The minimum Gasteiger partial charge on any atom is -0.293 e. The molecule has 0 bridgehead atoms. The van der Waals surface area contributed by atoms with Crippen LogP contribution in [0.15, 0.2) is 72.1 Å². The molecule has 0 saturated carbocycles. The van der Waals surface area contributed by atoms with Crippen LogP contribution in [0.1, 0.15) is 27.0 Å². The number of nitrogens with zero attached hydrogens (tertiary/aromatic N) is 4. The van der Waals surface area contributed by atoms with Crippen molar-refractivity contribution < 1.29 is 4.79 Å². The maximum atomic E-state index is 12.9. The Balaban J connectivity index is 1.70. The van der Waals surface area contributed by atoms with Gasteiger partial charge in [-0.1, -0.05) is 47.7 Å². The highest BCUT2D eigenvalue weighted by Crippen LogP contribution is 2.29. The van der Waals surface area contributed by atoms with Crippen molar-refractivity contribution in [3.05, 3.63) is 89.2 Å². The van der Waals surface area contributed by atoms with E-state index < -0.39 is 0 Å². The summed E-state index contributed by atoms with van der Waals surface area (Å²) in [5, 5.41) is 9.52. The van der Waals surface area contributed by atoms with Gasteiger partial charge in [0.25, 0.3) is 0 Å². The molecule has 4 rings (SSSR count). The Morgan fingerprint density at radius 2 is 1.80 bits per heavy atom. The number of carbonyl (C=O) groups excluding carboxylic acids is 1. The molecular weight excluding hydrogens is 392 g/mol. The normalized spacial score (nSPS) is 10.9. The number of aromatic nitrogens is 4. The molecule has 0 fully saturated rings. The summed E-state index contributed by atoms with van der Waals surface area (Å²) in [5.41, 5.74) is 5.80. The van der Waals surface area contributed by atoms with Crippen molar-refractivity contribution in [3.63, 3.8) is 0 Å². The Morgan fingerprint density at radius 3 is 2.57 bits per heavy atom. The zero-order valence-electron chi connectivity index (χ0n) is 17.2. The van der Waals surface area contributed by atoms with Crippen LogP contribution < -0.4 is 0 Å². The van der Waals surface area contributed by atoms with Crippen molar-refractivity contribution in [2.45, 2.75) is 25.9 Å². The van der Waals surface area contributed by atoms with E-state index in [2.05, 4.69) is 28.2 Å². The molecule has 0 aliphatic rings. The molecule has 0 radical (unpaired) electrons. The number of hydrogen-bond acceptors (Lipinski definition) is 5. The molecule has 6 heteroatoms. The number of ketones is 1. The molecular formula is C24H22N4OS. The van der Waals surface area contributed by atoms with E-state index in [1.807, 2.05) is 66.9 Å². The lowest BCUT2D eigenvalue weighted by Crippen LogP contribution is -2.07. The first-order chi connectivity index (χ1) is 14.5. The summed E-state index contributed by atoms with van der Waals surface area (Å²) in [7, 11) is 0. The third-order valence-electron chi connectivity index (χ3n) is 4.94. The summed E-state index contributed by atoms with van der Waals surface area (Å²) in [4.78, 5) is 17.1. The van der Waals surface area contributed by atoms with Crippen LogP contribution in [0.3, 0.4) is 0 Å². The van der Waals surface area contributed by atoms with Gasteiger partial charge in [0.05, 0.1) is 11.4 Å². The predicted octanol–water partition coefficient (Wildman–Crippen LogP) is 5.23. The molecule has 0 atom stereocenters. The zero-order valence-corrected chi connectivity index (χ0v) is 18.0. The Kier molecular flexibility index (Phi) is 5.77. The van der Waals surface area contributed by atoms with Crippen LogP contribution in [-0.4, -0.2) is 31.3 Å². The number of carbonyl (C=O) groups is 1. The minimum absolute atomic E-state index is 0.0865. The topological polar surface area (TPSA) is 60.7 Å². The molecule has 30 heavy (non-hydrogen) atoms. The van der Waals surface area contributed by atoms with E-state index in [1.54, 1.807) is 12.4 Å². The number of Topliss-reactive ketones (excluding diaryl/α,β-unsaturated/α-hetero) is 1. The zero-order chi connectivity index (χ0) is 21.1. The number of rotatable bonds is 6. The van der Waals surface area contributed by atoms with Crippen molar-refractivity contribution in [3.8, 4) is 17.1 Å². The molecule has 2 aromatic heterocycles. The average Bonchev–Trinajstić information content (AvgIpc) is 3.18. The van der Waals surface area contributed by atoms with E-state index in [0.717, 1.165) is 33.5 Å². The molecule has 4 aromatic rings. The summed E-state index contributed by atoms with van der Waals surface area (Å²) in [6, 6.07) is 17.9. The Labute approximate surface area is 180 Å². The maximum absolute atomic E-state index is 12.9. The van der Waals surface area contributed by atoms with Gasteiger partial charge in [0.15, 0.2) is 16.8 Å². The fraction of sp³-hybridized carbons (Fsp3) is 0.167. The van der Waals surface area contributed by atoms with Gasteiger partial charge in [0.1, 0.15) is 0 Å². The summed E-state index contributed by atoms with van der Waals surface area (Å²) >= 11 is 1.40. The standard InChI is InChI=1S/C24H22N4OS/c1-16-10-11-17(2)20(13-16)22(29)15-30-24-27-26-23(19-8-6-12-25-14-19)28(24)21-9-5-4-7-18(21)3/h4-14H,15H2,1-3H3. The SMILES string of the molecule is Cc1ccc(C)c(C(=O)CSc2nnc(-c3cccnc3)n2-c2ccccc2C)c1. The molecule has 0 aliphatic heterocycles. The van der Waals surface area contributed by atoms with Crippen molar-refractivity contribution in [2.75, 3.05) is 5.75 Å². The fourth-order valence-corrected chi connectivity index (χ4v) is 4.15. The number of pyridine rings is 1. The third-order valence-corrected chi connectivity index (χ3v) is 5.86. The Morgan fingerprint density at radius 1 is 0.967 bits per heavy atom. The second kappa shape index (κ2) is 8.63. The summed E-state index contributed by atoms with van der Waals surface area (Å²) in [5.74, 6) is 1.09. The second-order valence-electron chi connectivity index (χ2n) is 7.20. The van der Waals surface area contributed by atoms with Crippen LogP contribution >= 0.6 is 11.8 Å². The monoisotopic (exact) mass is 414 g/mol. The molecule has 150 valence electrons. The van der Waals surface area contributed by atoms with Gasteiger partial charge in [-0.2, -0.15) is 0 Å². The summed E-state index contributed by atoms with van der Waals surface area (Å²) in [6.07, 6.45) is 3.50. The minimum atomic E-state index is 0.0865. The molecule has 2 heterocycles. The highest BCUT2D eigenvalue weighted by atomic mass is 32.2. The van der Waals surface area contributed by atoms with Crippen LogP contribution in [0, 0.1) is 20.8 Å². The quantitative estimate of drug-likeness (QED) is 0.319. The predicted molar refractivity (Wildman–Crippen MR) is 120 cm³/mol. The Hall–Kier alpha value is -3.25. The molecule has 2 aromatic carbocycles. The van der Waals surface area contributed by atoms with Crippen molar-refractivity contribution in [2.24, 2.45) is 0 Å². The van der Waals surface area contributed by atoms with Crippen LogP contribution in [0.2, 0.25) is 0 Å². The van der Waals surface area contributed by atoms with E-state index in [-0.39, 0.29) is 5.78 Å². The van der Waals surface area contributed by atoms with Crippen molar-refractivity contribution >= 4 is 17.5 Å². The lowest BCUT2D eigenvalue weighted by Gasteiger charge is -2.13. The van der Waals surface area contributed by atoms with Gasteiger partial charge in [0.2, 0.25) is 0 Å². The first-order valence-electron chi connectivity index (χ1n) is 9.69. The average molecular weight is 415 g/mol. The van der Waals surface area contributed by atoms with Gasteiger partial charge in [-0.25, -0.2) is 0 Å². The summed E-state index contributed by atoms with van der Waals surface area (Å²) in [6.45, 7) is 6.02. The van der Waals surface area contributed by atoms with Crippen molar-refractivity contribution in [1.82, 2.24) is 19.7 Å². The van der Waals surface area contributed by atoms with Gasteiger partial charge >= 0.3 is 0 Å². The van der Waals surface area contributed by atoms with E-state index in [0.29, 0.717) is 16.7 Å². The molecule has 0 saturated heterocycles. The van der Waals surface area contributed by atoms with Crippen LogP contribution in [0.4, 0.5) is 0 Å². The van der Waals surface area contributed by atoms with E-state index in [9.17, 15) is 4.79 Å². The number of benzene rings is 2. The highest BCUT2D eigenvalue weighted by Gasteiger charge is 2.19. The highest BCUT2D eigenvalue weighted by molar-refractivity contribution is 7.99. The first kappa shape index (κ1) is 20.0. The van der Waals surface area contributed by atoms with Crippen LogP contribution in [0.25, 0.3) is 17.1 Å². The Bertz CT molecular complexity index is 1200. The summed E-state index contributed by atoms with van der Waals surface area (Å²) < 4.78 is 2.01. The van der Waals surface area contributed by atoms with Crippen LogP contribution in [0.5, 0.6) is 0 Å². The number of para-hydroxylation sites is 1. The number of hydrogen-bond donors (Lipinski definition) is 0. The number of aryl methyl sites for hydroxylation is 3. The lowest BCUT2D eigenvalue weighted by molar-refractivity contribution is 0.102. The molecule has 0 spiro atoms. The molecule has 5 nitrogen and oxygen atoms in total. The second-order valence-corrected chi connectivity index (χ2v) is 8.14. The molecule has 0 amide bonds. The molecule has 0 unspecified atom stereocenters. The smallest absolute Gasteiger partial charge is 0.196 e. The molecule has 0 N–H and O–H groups in total. The maximum Gasteiger partial charge on any atom is 0.196 e. The van der Waals surface area contributed by atoms with Crippen LogP contribution in [-0.2, 0) is 0 Å².